The van der Waals surface area contributed by atoms with Gasteiger partial charge in [-0.2, -0.15) is 0 Å². The second-order valence-corrected chi connectivity index (χ2v) is 6.34. The molecule has 0 aromatic heterocycles. The van der Waals surface area contributed by atoms with Gasteiger partial charge >= 0.3 is 0 Å². The first-order chi connectivity index (χ1) is 12.3. The second-order valence-electron chi connectivity index (χ2n) is 5.40. The zero-order valence-electron chi connectivity index (χ0n) is 14.0. The van der Waals surface area contributed by atoms with E-state index in [0.717, 1.165) is 17.0 Å². The van der Waals surface area contributed by atoms with Gasteiger partial charge in [0.25, 0.3) is 0 Å². The van der Waals surface area contributed by atoms with Crippen LogP contribution in [0, 0.1) is 0 Å². The fourth-order valence-electron chi connectivity index (χ4n) is 2.12. The van der Waals surface area contributed by atoms with E-state index in [0.29, 0.717) is 5.90 Å². The number of thioether (sulfide) groups is 1. The summed E-state index contributed by atoms with van der Waals surface area (Å²) >= 11 is 1.66. The minimum atomic E-state index is 0.598. The van der Waals surface area contributed by atoms with Crippen LogP contribution in [0.1, 0.15) is 6.92 Å². The Morgan fingerprint density at radius 2 is 1.36 bits per heavy atom. The lowest BCUT2D eigenvalue weighted by Gasteiger charge is -2.10. The number of aliphatic imine (C=N–C) groups is 1. The summed E-state index contributed by atoms with van der Waals surface area (Å²) in [7, 11) is 0. The number of para-hydroxylation sites is 2. The minimum Gasteiger partial charge on any atom is -0.439 e. The van der Waals surface area contributed by atoms with Crippen molar-refractivity contribution in [1.29, 1.82) is 0 Å². The van der Waals surface area contributed by atoms with E-state index in [4.69, 9.17) is 4.74 Å². The van der Waals surface area contributed by atoms with Crippen molar-refractivity contribution in [2.45, 2.75) is 11.8 Å². The number of benzene rings is 3. The Balaban J connectivity index is 1.86. The summed E-state index contributed by atoms with van der Waals surface area (Å²) < 4.78 is 6.04. The average molecular weight is 345 g/mol. The van der Waals surface area contributed by atoms with Gasteiger partial charge in [0.15, 0.2) is 0 Å². The van der Waals surface area contributed by atoms with Gasteiger partial charge in [-0.25, -0.2) is 4.99 Å². The Morgan fingerprint density at radius 1 is 0.800 bits per heavy atom. The van der Waals surface area contributed by atoms with Gasteiger partial charge in [-0.1, -0.05) is 66.4 Å². The molecule has 0 heterocycles. The lowest BCUT2D eigenvalue weighted by molar-refractivity contribution is 0.551. The van der Waals surface area contributed by atoms with Gasteiger partial charge in [0, 0.05) is 10.5 Å². The van der Waals surface area contributed by atoms with Gasteiger partial charge in [0.2, 0.25) is 5.90 Å². The van der Waals surface area contributed by atoms with Crippen molar-refractivity contribution in [1.82, 2.24) is 0 Å². The van der Waals surface area contributed by atoms with Crippen molar-refractivity contribution < 1.29 is 4.74 Å². The highest BCUT2D eigenvalue weighted by Crippen LogP contribution is 2.23. The summed E-state index contributed by atoms with van der Waals surface area (Å²) in [5.74, 6) is 1.37. The van der Waals surface area contributed by atoms with Crippen LogP contribution in [-0.2, 0) is 0 Å². The number of hydrogen-bond acceptors (Lipinski definition) is 3. The number of ether oxygens (including phenoxy) is 1. The van der Waals surface area contributed by atoms with Crippen LogP contribution in [0.4, 0.5) is 5.69 Å². The Kier molecular flexibility index (Phi) is 6.07. The Labute approximate surface area is 152 Å². The molecule has 124 valence electrons. The minimum absolute atomic E-state index is 0.598. The molecule has 0 N–H and O–H groups in total. The molecule has 0 spiro atoms. The molecule has 0 bridgehead atoms. The van der Waals surface area contributed by atoms with E-state index in [1.807, 2.05) is 85.8 Å². The maximum Gasteiger partial charge on any atom is 0.223 e. The predicted octanol–water partition coefficient (Wildman–Crippen LogP) is 6.49. The summed E-state index contributed by atoms with van der Waals surface area (Å²) in [5.41, 5.74) is 1.84. The predicted molar refractivity (Wildman–Crippen MR) is 107 cm³/mol. The van der Waals surface area contributed by atoms with Gasteiger partial charge < -0.3 is 4.74 Å². The molecule has 0 radical (unpaired) electrons. The molecule has 0 aliphatic rings. The monoisotopic (exact) mass is 345 g/mol. The maximum absolute atomic E-state index is 6.04. The Bertz CT molecular complexity index is 843. The fourth-order valence-corrected chi connectivity index (χ4v) is 2.85. The van der Waals surface area contributed by atoms with E-state index >= 15 is 0 Å². The van der Waals surface area contributed by atoms with Crippen LogP contribution < -0.4 is 4.74 Å². The summed E-state index contributed by atoms with van der Waals surface area (Å²) in [5, 5.41) is 2.07. The molecule has 2 nitrogen and oxygen atoms in total. The van der Waals surface area contributed by atoms with Crippen molar-refractivity contribution >= 4 is 23.3 Å². The first-order valence-electron chi connectivity index (χ1n) is 8.07. The van der Waals surface area contributed by atoms with Crippen LogP contribution in [0.5, 0.6) is 5.75 Å². The first-order valence-corrected chi connectivity index (χ1v) is 8.95. The molecule has 3 aromatic rings. The first kappa shape index (κ1) is 17.1. The fraction of sp³-hybridized carbons (Fsp3) is 0.0455. The number of nitrogens with zero attached hydrogens (tertiary/aromatic N) is 1. The molecule has 3 rings (SSSR count). The number of rotatable bonds is 5. The topological polar surface area (TPSA) is 21.6 Å². The Hall–Kier alpha value is -2.78. The molecule has 0 aliphatic carbocycles. The van der Waals surface area contributed by atoms with E-state index in [9.17, 15) is 0 Å². The summed E-state index contributed by atoms with van der Waals surface area (Å²) in [6.45, 7) is 2.01. The smallest absolute Gasteiger partial charge is 0.223 e. The summed E-state index contributed by atoms with van der Waals surface area (Å²) in [6, 6.07) is 29.8. The van der Waals surface area contributed by atoms with Gasteiger partial charge in [-0.3, -0.25) is 0 Å². The van der Waals surface area contributed by atoms with Gasteiger partial charge in [-0.15, -0.1) is 0 Å². The molecular weight excluding hydrogens is 326 g/mol. The van der Waals surface area contributed by atoms with E-state index in [1.165, 1.54) is 4.90 Å². The third kappa shape index (κ3) is 5.37. The standard InChI is InChI=1S/C22H19NOS/c1-18(17-25-21-15-9-4-10-16-21)22(23-19-11-5-2-6-12-19)24-20-13-7-3-8-14-20/h2-17H,1H3/b18-17+,23-22?. The lowest BCUT2D eigenvalue weighted by atomic mass is 10.3. The molecule has 0 atom stereocenters. The molecular formula is C22H19NOS. The van der Waals surface area contributed by atoms with E-state index in [-0.39, 0.29) is 0 Å². The average Bonchev–Trinajstić information content (AvgIpc) is 2.68. The highest BCUT2D eigenvalue weighted by atomic mass is 32.2. The van der Waals surface area contributed by atoms with Crippen molar-refractivity contribution in [3.63, 3.8) is 0 Å². The van der Waals surface area contributed by atoms with Crippen molar-refractivity contribution in [2.24, 2.45) is 4.99 Å². The highest BCUT2D eigenvalue weighted by Gasteiger charge is 2.07. The summed E-state index contributed by atoms with van der Waals surface area (Å²) in [6.07, 6.45) is 0. The summed E-state index contributed by atoms with van der Waals surface area (Å²) in [4.78, 5) is 5.86. The van der Waals surface area contributed by atoms with Crippen LogP contribution in [0.3, 0.4) is 0 Å². The molecule has 0 saturated heterocycles. The van der Waals surface area contributed by atoms with Crippen LogP contribution in [0.2, 0.25) is 0 Å². The molecule has 0 saturated carbocycles. The van der Waals surface area contributed by atoms with Crippen molar-refractivity contribution in [3.8, 4) is 5.75 Å². The normalized spacial score (nSPS) is 12.0. The van der Waals surface area contributed by atoms with Crippen LogP contribution in [-0.4, -0.2) is 5.90 Å². The molecule has 0 fully saturated rings. The van der Waals surface area contributed by atoms with Gasteiger partial charge in [0.1, 0.15) is 5.75 Å². The third-order valence-electron chi connectivity index (χ3n) is 3.40. The molecule has 3 aromatic carbocycles. The van der Waals surface area contributed by atoms with Crippen molar-refractivity contribution in [2.75, 3.05) is 0 Å². The van der Waals surface area contributed by atoms with Gasteiger partial charge in [0.05, 0.1) is 5.69 Å². The van der Waals surface area contributed by atoms with Crippen LogP contribution in [0.25, 0.3) is 0 Å². The SMILES string of the molecule is C/C(=C\Sc1ccccc1)C(=Nc1ccccc1)Oc1ccccc1. The second kappa shape index (κ2) is 8.90. The van der Waals surface area contributed by atoms with E-state index in [2.05, 4.69) is 22.5 Å². The zero-order chi connectivity index (χ0) is 17.3. The van der Waals surface area contributed by atoms with Gasteiger partial charge in [-0.05, 0) is 48.7 Å². The molecule has 0 unspecified atom stereocenters. The number of hydrogen-bond donors (Lipinski definition) is 0. The molecule has 0 aliphatic heterocycles. The van der Waals surface area contributed by atoms with Crippen LogP contribution in [0.15, 0.2) is 112 Å². The highest BCUT2D eigenvalue weighted by molar-refractivity contribution is 8.02. The Morgan fingerprint density at radius 3 is 2.00 bits per heavy atom. The maximum atomic E-state index is 6.04. The van der Waals surface area contributed by atoms with Crippen LogP contribution >= 0.6 is 11.8 Å². The van der Waals surface area contributed by atoms with E-state index in [1.54, 1.807) is 11.8 Å². The quantitative estimate of drug-likeness (QED) is 0.299. The third-order valence-corrected chi connectivity index (χ3v) is 4.41. The molecule has 3 heteroatoms. The molecule has 25 heavy (non-hydrogen) atoms. The zero-order valence-corrected chi connectivity index (χ0v) is 14.8. The van der Waals surface area contributed by atoms with E-state index < -0.39 is 0 Å². The van der Waals surface area contributed by atoms with Crippen molar-refractivity contribution in [3.05, 3.63) is 102 Å². The largest absolute Gasteiger partial charge is 0.439 e. The lowest BCUT2D eigenvalue weighted by Crippen LogP contribution is -2.09. The molecule has 0 amide bonds.